The highest BCUT2D eigenvalue weighted by molar-refractivity contribution is 5.77. The predicted octanol–water partition coefficient (Wildman–Crippen LogP) is 4.07. The van der Waals surface area contributed by atoms with Gasteiger partial charge >= 0.3 is 0 Å². The first-order chi connectivity index (χ1) is 13.0. The molecule has 1 aliphatic heterocycles. The molecule has 0 aromatic heterocycles. The predicted molar refractivity (Wildman–Crippen MR) is 114 cm³/mol. The number of anilines is 2. The summed E-state index contributed by atoms with van der Waals surface area (Å²) in [5.41, 5.74) is 7.62. The highest BCUT2D eigenvalue weighted by Crippen LogP contribution is 2.24. The first kappa shape index (κ1) is 19.3. The van der Waals surface area contributed by atoms with Gasteiger partial charge in [0.25, 0.3) is 0 Å². The molecule has 1 amide bonds. The molecule has 1 saturated heterocycles. The third kappa shape index (κ3) is 4.62. The molecule has 0 saturated carbocycles. The lowest BCUT2D eigenvalue weighted by molar-refractivity contribution is -0.131. The smallest absolute Gasteiger partial charge is 0.224 e. The van der Waals surface area contributed by atoms with Crippen LogP contribution in [-0.4, -0.2) is 43.5 Å². The Kier molecular flexibility index (Phi) is 6.04. The number of piperazine rings is 1. The fourth-order valence-electron chi connectivity index (χ4n) is 3.60. The summed E-state index contributed by atoms with van der Waals surface area (Å²) in [7, 11) is 0. The van der Waals surface area contributed by atoms with Crippen molar-refractivity contribution in [3.63, 3.8) is 0 Å². The molecule has 1 aliphatic rings. The third-order valence-corrected chi connectivity index (χ3v) is 5.72. The lowest BCUT2D eigenvalue weighted by Gasteiger charge is -2.37. The number of nitrogens with one attached hydrogen (secondary N) is 1. The number of carbonyl (C=O) groups excluding carboxylic acids is 1. The molecule has 1 fully saturated rings. The zero-order valence-corrected chi connectivity index (χ0v) is 17.0. The summed E-state index contributed by atoms with van der Waals surface area (Å²) < 4.78 is 0. The van der Waals surface area contributed by atoms with Crippen LogP contribution in [0.15, 0.2) is 36.4 Å². The number of nitrogens with zero attached hydrogens (tertiary/aromatic N) is 2. The SMILES string of the molecule is Cc1ccc(NCCC(=O)N2CCN(c3cccc(C)c3C)CC2)cc1C. The van der Waals surface area contributed by atoms with E-state index < -0.39 is 0 Å². The van der Waals surface area contributed by atoms with Gasteiger partial charge in [0.2, 0.25) is 5.91 Å². The number of rotatable bonds is 5. The van der Waals surface area contributed by atoms with Gasteiger partial charge in [-0.1, -0.05) is 18.2 Å². The molecule has 1 heterocycles. The monoisotopic (exact) mass is 365 g/mol. The van der Waals surface area contributed by atoms with E-state index in [1.165, 1.54) is 27.9 Å². The van der Waals surface area contributed by atoms with E-state index in [1.54, 1.807) is 0 Å². The van der Waals surface area contributed by atoms with Gasteiger partial charge < -0.3 is 15.1 Å². The van der Waals surface area contributed by atoms with Gasteiger partial charge in [-0.15, -0.1) is 0 Å². The molecule has 4 heteroatoms. The molecule has 0 spiro atoms. The quantitative estimate of drug-likeness (QED) is 0.867. The van der Waals surface area contributed by atoms with Crippen molar-refractivity contribution in [1.29, 1.82) is 0 Å². The van der Waals surface area contributed by atoms with Crippen molar-refractivity contribution in [1.82, 2.24) is 4.90 Å². The molecule has 0 radical (unpaired) electrons. The lowest BCUT2D eigenvalue weighted by atomic mass is 10.1. The van der Waals surface area contributed by atoms with Gasteiger partial charge in [0.15, 0.2) is 0 Å². The van der Waals surface area contributed by atoms with E-state index in [-0.39, 0.29) is 5.91 Å². The molecule has 0 aliphatic carbocycles. The molecule has 0 unspecified atom stereocenters. The molecular weight excluding hydrogens is 334 g/mol. The summed E-state index contributed by atoms with van der Waals surface area (Å²) in [6.07, 6.45) is 0.538. The molecule has 0 bridgehead atoms. The standard InChI is InChI=1S/C23H31N3O/c1-17-8-9-21(16-19(17)3)24-11-10-23(27)26-14-12-25(13-15-26)22-7-5-6-18(2)20(22)4/h5-9,16,24H,10-15H2,1-4H3. The van der Waals surface area contributed by atoms with E-state index in [2.05, 4.69) is 74.3 Å². The molecule has 27 heavy (non-hydrogen) atoms. The minimum atomic E-state index is 0.243. The van der Waals surface area contributed by atoms with E-state index in [0.29, 0.717) is 13.0 Å². The minimum absolute atomic E-state index is 0.243. The average molecular weight is 366 g/mol. The van der Waals surface area contributed by atoms with Crippen molar-refractivity contribution in [2.45, 2.75) is 34.1 Å². The van der Waals surface area contributed by atoms with Crippen LogP contribution >= 0.6 is 0 Å². The second kappa shape index (κ2) is 8.47. The summed E-state index contributed by atoms with van der Waals surface area (Å²) in [4.78, 5) is 16.9. The van der Waals surface area contributed by atoms with Crippen molar-refractivity contribution < 1.29 is 4.79 Å². The molecular formula is C23H31N3O. The second-order valence-electron chi connectivity index (χ2n) is 7.56. The Morgan fingerprint density at radius 3 is 2.37 bits per heavy atom. The summed E-state index contributed by atoms with van der Waals surface area (Å²) >= 11 is 0. The number of hydrogen-bond donors (Lipinski definition) is 1. The van der Waals surface area contributed by atoms with Crippen molar-refractivity contribution >= 4 is 17.3 Å². The van der Waals surface area contributed by atoms with Crippen molar-refractivity contribution in [3.8, 4) is 0 Å². The Bertz CT molecular complexity index is 807. The maximum absolute atomic E-state index is 12.5. The van der Waals surface area contributed by atoms with E-state index >= 15 is 0 Å². The number of aryl methyl sites for hydroxylation is 3. The zero-order chi connectivity index (χ0) is 19.4. The molecule has 2 aromatic rings. The molecule has 3 rings (SSSR count). The number of amides is 1. The fraction of sp³-hybridized carbons (Fsp3) is 0.435. The van der Waals surface area contributed by atoms with Gasteiger partial charge in [0.05, 0.1) is 0 Å². The Labute approximate surface area is 163 Å². The van der Waals surface area contributed by atoms with Crippen LogP contribution in [0, 0.1) is 27.7 Å². The van der Waals surface area contributed by atoms with Crippen LogP contribution in [0.25, 0.3) is 0 Å². The van der Waals surface area contributed by atoms with Crippen molar-refractivity contribution in [2.24, 2.45) is 0 Å². The van der Waals surface area contributed by atoms with Gasteiger partial charge in [-0.25, -0.2) is 0 Å². The maximum Gasteiger partial charge on any atom is 0.224 e. The van der Waals surface area contributed by atoms with Crippen LogP contribution in [0.5, 0.6) is 0 Å². The maximum atomic E-state index is 12.5. The molecule has 1 N–H and O–H groups in total. The largest absolute Gasteiger partial charge is 0.385 e. The van der Waals surface area contributed by atoms with Gasteiger partial charge in [0.1, 0.15) is 0 Å². The Balaban J connectivity index is 1.47. The summed E-state index contributed by atoms with van der Waals surface area (Å²) in [5.74, 6) is 0.243. The Hall–Kier alpha value is -2.49. The summed E-state index contributed by atoms with van der Waals surface area (Å²) in [6.45, 7) is 12.6. The first-order valence-electron chi connectivity index (χ1n) is 9.86. The lowest BCUT2D eigenvalue weighted by Crippen LogP contribution is -2.49. The van der Waals surface area contributed by atoms with Gasteiger partial charge in [-0.05, 0) is 68.1 Å². The summed E-state index contributed by atoms with van der Waals surface area (Å²) in [6, 6.07) is 12.8. The minimum Gasteiger partial charge on any atom is -0.385 e. The second-order valence-corrected chi connectivity index (χ2v) is 7.56. The van der Waals surface area contributed by atoms with Crippen LogP contribution < -0.4 is 10.2 Å². The van der Waals surface area contributed by atoms with E-state index in [0.717, 1.165) is 31.9 Å². The van der Waals surface area contributed by atoms with Gasteiger partial charge in [-0.3, -0.25) is 4.79 Å². The molecule has 0 atom stereocenters. The molecule has 4 nitrogen and oxygen atoms in total. The Morgan fingerprint density at radius 2 is 1.67 bits per heavy atom. The van der Waals surface area contributed by atoms with Crippen LogP contribution in [0.4, 0.5) is 11.4 Å². The average Bonchev–Trinajstić information content (AvgIpc) is 2.67. The highest BCUT2D eigenvalue weighted by Gasteiger charge is 2.21. The Morgan fingerprint density at radius 1 is 0.926 bits per heavy atom. The normalized spacial score (nSPS) is 14.4. The summed E-state index contributed by atoms with van der Waals surface area (Å²) in [5, 5.41) is 3.37. The van der Waals surface area contributed by atoms with Crippen molar-refractivity contribution in [2.75, 3.05) is 42.9 Å². The fourth-order valence-corrected chi connectivity index (χ4v) is 3.60. The van der Waals surface area contributed by atoms with E-state index in [1.807, 2.05) is 4.90 Å². The zero-order valence-electron chi connectivity index (χ0n) is 17.0. The highest BCUT2D eigenvalue weighted by atomic mass is 16.2. The van der Waals surface area contributed by atoms with E-state index in [9.17, 15) is 4.79 Å². The van der Waals surface area contributed by atoms with Crippen molar-refractivity contribution in [3.05, 3.63) is 58.7 Å². The van der Waals surface area contributed by atoms with Crippen LogP contribution in [0.1, 0.15) is 28.7 Å². The molecule has 144 valence electrons. The number of benzene rings is 2. The number of hydrogen-bond acceptors (Lipinski definition) is 3. The van der Waals surface area contributed by atoms with Crippen LogP contribution in [0.2, 0.25) is 0 Å². The van der Waals surface area contributed by atoms with Crippen LogP contribution in [0.3, 0.4) is 0 Å². The topological polar surface area (TPSA) is 35.6 Å². The molecule has 2 aromatic carbocycles. The van der Waals surface area contributed by atoms with Gasteiger partial charge in [-0.2, -0.15) is 0 Å². The number of carbonyl (C=O) groups is 1. The third-order valence-electron chi connectivity index (χ3n) is 5.72. The van der Waals surface area contributed by atoms with Gasteiger partial charge in [0, 0.05) is 50.5 Å². The first-order valence-corrected chi connectivity index (χ1v) is 9.86. The van der Waals surface area contributed by atoms with Crippen LogP contribution in [-0.2, 0) is 4.79 Å². The van der Waals surface area contributed by atoms with E-state index in [4.69, 9.17) is 0 Å².